The van der Waals surface area contributed by atoms with E-state index in [-0.39, 0.29) is 18.9 Å². The van der Waals surface area contributed by atoms with Gasteiger partial charge in [-0.1, -0.05) is 25.3 Å². The van der Waals surface area contributed by atoms with Crippen molar-refractivity contribution < 1.29 is 18.9 Å². The van der Waals surface area contributed by atoms with Crippen molar-refractivity contribution in [2.45, 2.75) is 32.6 Å². The molecular formula is C12H17Li. The fourth-order valence-electron chi connectivity index (χ4n) is 1.29. The molecule has 1 aromatic carbocycles. The van der Waals surface area contributed by atoms with Crippen LogP contribution in [0.4, 0.5) is 0 Å². The molecule has 0 aromatic heterocycles. The van der Waals surface area contributed by atoms with E-state index in [1.165, 1.54) is 31.2 Å². The maximum atomic E-state index is 3.86. The van der Waals surface area contributed by atoms with Crippen molar-refractivity contribution in [1.29, 1.82) is 0 Å². The quantitative estimate of drug-likeness (QED) is 0.351. The third-order valence-corrected chi connectivity index (χ3v) is 2.09. The summed E-state index contributed by atoms with van der Waals surface area (Å²) in [5, 5.41) is 0. The Kier molecular flexibility index (Phi) is 6.95. The van der Waals surface area contributed by atoms with E-state index in [2.05, 4.69) is 38.1 Å². The molecule has 1 heteroatoms. The minimum atomic E-state index is 0. The van der Waals surface area contributed by atoms with Gasteiger partial charge in [0.15, 0.2) is 0 Å². The van der Waals surface area contributed by atoms with Crippen LogP contribution in [0.5, 0.6) is 0 Å². The van der Waals surface area contributed by atoms with E-state index >= 15 is 0 Å². The summed E-state index contributed by atoms with van der Waals surface area (Å²) in [6, 6.07) is 8.53. The van der Waals surface area contributed by atoms with Gasteiger partial charge in [0.1, 0.15) is 0 Å². The van der Waals surface area contributed by atoms with Crippen LogP contribution >= 0.6 is 0 Å². The van der Waals surface area contributed by atoms with Gasteiger partial charge in [0.05, 0.1) is 0 Å². The summed E-state index contributed by atoms with van der Waals surface area (Å²) in [5.74, 6) is 0. The third kappa shape index (κ3) is 5.08. The number of hydrogen-bond acceptors (Lipinski definition) is 0. The van der Waals surface area contributed by atoms with Gasteiger partial charge >= 0.3 is 18.9 Å². The third-order valence-electron chi connectivity index (χ3n) is 2.09. The SMILES string of the molecule is [CH2-]c1ccc(CCCCC)cc1.[Li+]. The van der Waals surface area contributed by atoms with Crippen LogP contribution in [0.1, 0.15) is 37.3 Å². The zero-order chi connectivity index (χ0) is 8.81. The second kappa shape index (κ2) is 7.13. The summed E-state index contributed by atoms with van der Waals surface area (Å²) in [6.45, 7) is 6.09. The van der Waals surface area contributed by atoms with E-state index in [0.29, 0.717) is 0 Å². The van der Waals surface area contributed by atoms with E-state index < -0.39 is 0 Å². The minimum absolute atomic E-state index is 0. The van der Waals surface area contributed by atoms with Crippen molar-refractivity contribution in [3.8, 4) is 0 Å². The summed E-state index contributed by atoms with van der Waals surface area (Å²) >= 11 is 0. The van der Waals surface area contributed by atoms with Crippen LogP contribution < -0.4 is 18.9 Å². The Labute approximate surface area is 93.9 Å². The molecule has 0 unspecified atom stereocenters. The molecule has 0 N–H and O–H groups in total. The first-order chi connectivity index (χ1) is 5.83. The van der Waals surface area contributed by atoms with Gasteiger partial charge in [-0.25, -0.2) is 0 Å². The molecule has 1 aromatic rings. The molecule has 0 spiro atoms. The average Bonchev–Trinajstić information content (AvgIpc) is 2.09. The maximum absolute atomic E-state index is 3.86. The predicted octanol–water partition coefficient (Wildman–Crippen LogP) is 0.605. The fourth-order valence-corrected chi connectivity index (χ4v) is 1.29. The van der Waals surface area contributed by atoms with Crippen LogP contribution in [-0.4, -0.2) is 0 Å². The van der Waals surface area contributed by atoms with Crippen molar-refractivity contribution in [1.82, 2.24) is 0 Å². The van der Waals surface area contributed by atoms with E-state index in [0.717, 1.165) is 5.56 Å². The Bertz CT molecular complexity index is 213. The topological polar surface area (TPSA) is 0 Å². The van der Waals surface area contributed by atoms with Gasteiger partial charge in [0.2, 0.25) is 0 Å². The van der Waals surface area contributed by atoms with Crippen LogP contribution in [0.25, 0.3) is 0 Å². The molecule has 0 fully saturated rings. The Morgan fingerprint density at radius 1 is 1.08 bits per heavy atom. The first-order valence-corrected chi connectivity index (χ1v) is 4.74. The molecule has 0 saturated carbocycles. The first-order valence-electron chi connectivity index (χ1n) is 4.74. The van der Waals surface area contributed by atoms with Gasteiger partial charge in [0.25, 0.3) is 0 Å². The van der Waals surface area contributed by atoms with Gasteiger partial charge in [-0.3, -0.25) is 0 Å². The molecule has 0 heterocycles. The van der Waals surface area contributed by atoms with Gasteiger partial charge in [-0.2, -0.15) is 24.6 Å². The van der Waals surface area contributed by atoms with Crippen LogP contribution in [-0.2, 0) is 6.42 Å². The van der Waals surface area contributed by atoms with Crippen molar-refractivity contribution in [3.63, 3.8) is 0 Å². The van der Waals surface area contributed by atoms with Crippen LogP contribution in [0.2, 0.25) is 0 Å². The number of rotatable bonds is 4. The molecule has 0 bridgehead atoms. The molecule has 0 saturated heterocycles. The fraction of sp³-hybridized carbons (Fsp3) is 0.417. The smallest absolute Gasteiger partial charge is 0.199 e. The summed E-state index contributed by atoms with van der Waals surface area (Å²) in [4.78, 5) is 0. The second-order valence-corrected chi connectivity index (χ2v) is 3.27. The van der Waals surface area contributed by atoms with Crippen molar-refractivity contribution in [2.75, 3.05) is 0 Å². The molecular weight excluding hydrogens is 151 g/mol. The first kappa shape index (κ1) is 12.7. The molecule has 66 valence electrons. The second-order valence-electron chi connectivity index (χ2n) is 3.27. The standard InChI is InChI=1S/C12H17.Li/c1-3-4-5-6-12-9-7-11(2)8-10-12;/h7-10H,2-6H2,1H3;/q-1;+1. The molecule has 0 amide bonds. The Morgan fingerprint density at radius 2 is 1.69 bits per heavy atom. The molecule has 13 heavy (non-hydrogen) atoms. The zero-order valence-electron chi connectivity index (χ0n) is 8.84. The number of benzene rings is 1. The zero-order valence-corrected chi connectivity index (χ0v) is 8.84. The number of hydrogen-bond donors (Lipinski definition) is 0. The molecule has 0 nitrogen and oxygen atoms in total. The minimum Gasteiger partial charge on any atom is -0.199 e. The Morgan fingerprint density at radius 3 is 2.23 bits per heavy atom. The van der Waals surface area contributed by atoms with Crippen LogP contribution in [0.3, 0.4) is 0 Å². The Hall–Kier alpha value is -0.313. The molecule has 0 aliphatic rings. The van der Waals surface area contributed by atoms with E-state index in [4.69, 9.17) is 0 Å². The van der Waals surface area contributed by atoms with E-state index in [1.54, 1.807) is 0 Å². The summed E-state index contributed by atoms with van der Waals surface area (Å²) in [6.07, 6.45) is 5.17. The van der Waals surface area contributed by atoms with Crippen LogP contribution in [0, 0.1) is 6.92 Å². The predicted molar refractivity (Wildman–Crippen MR) is 54.1 cm³/mol. The average molecular weight is 168 g/mol. The van der Waals surface area contributed by atoms with Crippen molar-refractivity contribution >= 4 is 0 Å². The molecule has 1 rings (SSSR count). The Balaban J connectivity index is 0.00000144. The van der Waals surface area contributed by atoms with Crippen molar-refractivity contribution in [2.24, 2.45) is 0 Å². The summed E-state index contributed by atoms with van der Waals surface area (Å²) in [7, 11) is 0. The van der Waals surface area contributed by atoms with E-state index in [9.17, 15) is 0 Å². The molecule has 0 radical (unpaired) electrons. The molecule has 0 aliphatic carbocycles. The normalized spacial score (nSPS) is 9.31. The summed E-state index contributed by atoms with van der Waals surface area (Å²) in [5.41, 5.74) is 2.55. The van der Waals surface area contributed by atoms with E-state index in [1.807, 2.05) is 0 Å². The van der Waals surface area contributed by atoms with Gasteiger partial charge in [0, 0.05) is 0 Å². The van der Waals surface area contributed by atoms with Gasteiger partial charge in [-0.05, 0) is 12.8 Å². The number of unbranched alkanes of at least 4 members (excludes halogenated alkanes) is 2. The summed E-state index contributed by atoms with van der Waals surface area (Å²) < 4.78 is 0. The molecule has 0 aliphatic heterocycles. The van der Waals surface area contributed by atoms with Gasteiger partial charge in [-0.15, -0.1) is 12.1 Å². The van der Waals surface area contributed by atoms with Crippen molar-refractivity contribution in [3.05, 3.63) is 42.3 Å². The monoisotopic (exact) mass is 168 g/mol. The largest absolute Gasteiger partial charge is 1.00 e. The van der Waals surface area contributed by atoms with Crippen LogP contribution in [0.15, 0.2) is 24.3 Å². The maximum Gasteiger partial charge on any atom is 1.00 e. The molecule has 0 atom stereocenters. The van der Waals surface area contributed by atoms with Gasteiger partial charge < -0.3 is 0 Å². The number of aryl methyl sites for hydroxylation is 1.